The van der Waals surface area contributed by atoms with E-state index in [0.717, 1.165) is 0 Å². The predicted molar refractivity (Wildman–Crippen MR) is 51.8 cm³/mol. The molecule has 0 saturated heterocycles. The van der Waals surface area contributed by atoms with Gasteiger partial charge in [-0.15, -0.1) is 11.6 Å². The van der Waals surface area contributed by atoms with Crippen LogP contribution in [0.3, 0.4) is 0 Å². The Kier molecular flexibility index (Phi) is 3.97. The van der Waals surface area contributed by atoms with Crippen LogP contribution >= 0.6 is 23.2 Å². The van der Waals surface area contributed by atoms with Gasteiger partial charge in [0, 0.05) is 17.3 Å². The molecule has 0 spiro atoms. The third kappa shape index (κ3) is 3.14. The van der Waals surface area contributed by atoms with Gasteiger partial charge in [-0.3, -0.25) is 0 Å². The van der Waals surface area contributed by atoms with Gasteiger partial charge in [0.15, 0.2) is 0 Å². The summed E-state index contributed by atoms with van der Waals surface area (Å²) in [4.78, 5) is 0. The van der Waals surface area contributed by atoms with Crippen molar-refractivity contribution in [3.05, 3.63) is 34.6 Å². The summed E-state index contributed by atoms with van der Waals surface area (Å²) in [5, 5.41) is 9.64. The van der Waals surface area contributed by atoms with E-state index in [0.29, 0.717) is 10.6 Å². The van der Waals surface area contributed by atoms with Crippen LogP contribution in [0.25, 0.3) is 0 Å². The molecule has 1 aromatic rings. The van der Waals surface area contributed by atoms with E-state index in [4.69, 9.17) is 23.2 Å². The van der Waals surface area contributed by atoms with Crippen molar-refractivity contribution in [2.75, 3.05) is 5.88 Å². The van der Waals surface area contributed by atoms with E-state index in [1.165, 1.54) is 18.2 Å². The minimum atomic E-state index is -0.727. The Morgan fingerprint density at radius 2 is 2.15 bits per heavy atom. The highest BCUT2D eigenvalue weighted by Crippen LogP contribution is 2.16. The Morgan fingerprint density at radius 3 is 2.77 bits per heavy atom. The first-order valence-electron chi connectivity index (χ1n) is 3.81. The summed E-state index contributed by atoms with van der Waals surface area (Å²) < 4.78 is 13.1. The Bertz CT molecular complexity index is 291. The van der Waals surface area contributed by atoms with Gasteiger partial charge in [-0.1, -0.05) is 11.6 Å². The molecule has 0 aliphatic rings. The molecule has 0 aliphatic carbocycles. The zero-order chi connectivity index (χ0) is 9.84. The minimum Gasteiger partial charge on any atom is -0.392 e. The second-order valence-corrected chi connectivity index (χ2v) is 3.49. The summed E-state index contributed by atoms with van der Waals surface area (Å²) in [6, 6.07) is 4.23. The maximum absolute atomic E-state index is 13.1. The summed E-state index contributed by atoms with van der Waals surface area (Å²) in [5.41, 5.74) is 0.389. The van der Waals surface area contributed by atoms with Gasteiger partial charge in [0.05, 0.1) is 6.10 Å². The van der Waals surface area contributed by atoms with Crippen molar-refractivity contribution in [3.8, 4) is 0 Å². The highest BCUT2D eigenvalue weighted by molar-refractivity contribution is 6.30. The van der Waals surface area contributed by atoms with Crippen LogP contribution in [0.2, 0.25) is 5.02 Å². The maximum Gasteiger partial charge on any atom is 0.126 e. The van der Waals surface area contributed by atoms with Crippen LogP contribution in [0.15, 0.2) is 18.2 Å². The second kappa shape index (κ2) is 4.80. The lowest BCUT2D eigenvalue weighted by molar-refractivity contribution is 0.197. The minimum absolute atomic E-state index is 0.0892. The quantitative estimate of drug-likeness (QED) is 0.781. The number of hydrogen-bond acceptors (Lipinski definition) is 1. The molecule has 0 heterocycles. The molecule has 0 fully saturated rings. The molecule has 1 N–H and O–H groups in total. The van der Waals surface area contributed by atoms with Crippen LogP contribution in [-0.2, 0) is 6.42 Å². The van der Waals surface area contributed by atoms with Crippen molar-refractivity contribution in [1.29, 1.82) is 0 Å². The largest absolute Gasteiger partial charge is 0.392 e. The van der Waals surface area contributed by atoms with Gasteiger partial charge in [-0.25, -0.2) is 4.39 Å². The monoisotopic (exact) mass is 222 g/mol. The molecule has 4 heteroatoms. The molecule has 1 nitrogen and oxygen atoms in total. The zero-order valence-corrected chi connectivity index (χ0v) is 8.32. The molecular formula is C9H9Cl2FO. The molecule has 0 aromatic heterocycles. The van der Waals surface area contributed by atoms with Crippen LogP contribution < -0.4 is 0 Å². The lowest BCUT2D eigenvalue weighted by Gasteiger charge is -2.07. The molecule has 13 heavy (non-hydrogen) atoms. The zero-order valence-electron chi connectivity index (χ0n) is 6.80. The number of benzene rings is 1. The molecule has 0 bridgehead atoms. The van der Waals surface area contributed by atoms with Gasteiger partial charge in [0.2, 0.25) is 0 Å². The highest BCUT2D eigenvalue weighted by atomic mass is 35.5. The van der Waals surface area contributed by atoms with E-state index in [-0.39, 0.29) is 18.1 Å². The van der Waals surface area contributed by atoms with Crippen molar-refractivity contribution in [2.45, 2.75) is 12.5 Å². The smallest absolute Gasteiger partial charge is 0.126 e. The summed E-state index contributed by atoms with van der Waals surface area (Å²) in [6.07, 6.45) is -0.537. The van der Waals surface area contributed by atoms with E-state index < -0.39 is 6.10 Å². The third-order valence-electron chi connectivity index (χ3n) is 1.64. The molecule has 0 aliphatic heterocycles. The summed E-state index contributed by atoms with van der Waals surface area (Å²) in [5.74, 6) is -0.278. The van der Waals surface area contributed by atoms with Gasteiger partial charge in [0.1, 0.15) is 5.82 Å². The molecule has 0 radical (unpaired) electrons. The molecule has 0 saturated carbocycles. The molecule has 0 amide bonds. The van der Waals surface area contributed by atoms with E-state index in [1.54, 1.807) is 0 Å². The Morgan fingerprint density at radius 1 is 1.46 bits per heavy atom. The topological polar surface area (TPSA) is 20.2 Å². The first-order chi connectivity index (χ1) is 6.13. The first-order valence-corrected chi connectivity index (χ1v) is 4.72. The predicted octanol–water partition coefficient (Wildman–Crippen LogP) is 2.62. The Hall–Kier alpha value is -0.310. The lowest BCUT2D eigenvalue weighted by Crippen LogP contribution is -2.12. The molecule has 72 valence electrons. The number of rotatable bonds is 3. The van der Waals surface area contributed by atoms with Crippen molar-refractivity contribution in [1.82, 2.24) is 0 Å². The Labute approximate surface area is 86.1 Å². The van der Waals surface area contributed by atoms with Gasteiger partial charge < -0.3 is 5.11 Å². The SMILES string of the molecule is OC(CCl)Cc1cc(Cl)ccc1F. The van der Waals surface area contributed by atoms with Gasteiger partial charge >= 0.3 is 0 Å². The fourth-order valence-electron chi connectivity index (χ4n) is 1.01. The van der Waals surface area contributed by atoms with Crippen molar-refractivity contribution in [2.24, 2.45) is 0 Å². The van der Waals surface area contributed by atoms with Crippen molar-refractivity contribution < 1.29 is 9.50 Å². The van der Waals surface area contributed by atoms with Crippen molar-refractivity contribution >= 4 is 23.2 Å². The van der Waals surface area contributed by atoms with Gasteiger partial charge in [-0.05, 0) is 23.8 Å². The number of alkyl halides is 1. The highest BCUT2D eigenvalue weighted by Gasteiger charge is 2.08. The fraction of sp³-hybridized carbons (Fsp3) is 0.333. The Balaban J connectivity index is 2.81. The van der Waals surface area contributed by atoms with Gasteiger partial charge in [0.25, 0.3) is 0 Å². The van der Waals surface area contributed by atoms with E-state index in [2.05, 4.69) is 0 Å². The van der Waals surface area contributed by atoms with E-state index >= 15 is 0 Å². The number of aliphatic hydroxyl groups is 1. The standard InChI is InChI=1S/C9H9Cl2FO/c10-5-8(13)4-6-3-7(11)1-2-9(6)12/h1-3,8,13H,4-5H2. The molecule has 1 unspecified atom stereocenters. The summed E-state index contributed by atoms with van der Waals surface area (Å²) in [6.45, 7) is 0. The van der Waals surface area contributed by atoms with Crippen LogP contribution in [0.5, 0.6) is 0 Å². The average Bonchev–Trinajstić information content (AvgIpc) is 2.11. The molecular weight excluding hydrogens is 214 g/mol. The molecule has 1 atom stereocenters. The fourth-order valence-corrected chi connectivity index (χ4v) is 1.31. The summed E-state index contributed by atoms with van der Waals surface area (Å²) in [7, 11) is 0. The maximum atomic E-state index is 13.1. The number of hydrogen-bond donors (Lipinski definition) is 1. The van der Waals surface area contributed by atoms with Crippen LogP contribution in [-0.4, -0.2) is 17.1 Å². The van der Waals surface area contributed by atoms with Crippen LogP contribution in [0, 0.1) is 5.82 Å². The van der Waals surface area contributed by atoms with Crippen LogP contribution in [0.1, 0.15) is 5.56 Å². The molecule has 1 aromatic carbocycles. The lowest BCUT2D eigenvalue weighted by atomic mass is 10.1. The third-order valence-corrected chi connectivity index (χ3v) is 2.23. The number of halogens is 3. The first kappa shape index (κ1) is 10.8. The molecule has 1 rings (SSSR count). The van der Waals surface area contributed by atoms with Crippen LogP contribution in [0.4, 0.5) is 4.39 Å². The second-order valence-electron chi connectivity index (χ2n) is 2.75. The van der Waals surface area contributed by atoms with Gasteiger partial charge in [-0.2, -0.15) is 0 Å². The van der Waals surface area contributed by atoms with E-state index in [9.17, 15) is 9.50 Å². The summed E-state index contributed by atoms with van der Waals surface area (Å²) >= 11 is 11.1. The number of aliphatic hydroxyl groups excluding tert-OH is 1. The van der Waals surface area contributed by atoms with Crippen molar-refractivity contribution in [3.63, 3.8) is 0 Å². The van der Waals surface area contributed by atoms with E-state index in [1.807, 2.05) is 0 Å². The normalized spacial score (nSPS) is 12.9. The average molecular weight is 223 g/mol.